The summed E-state index contributed by atoms with van der Waals surface area (Å²) in [6, 6.07) is 7.82. The van der Waals surface area contributed by atoms with E-state index < -0.39 is 35.2 Å². The van der Waals surface area contributed by atoms with Crippen molar-refractivity contribution in [3.8, 4) is 0 Å². The van der Waals surface area contributed by atoms with Gasteiger partial charge in [0, 0.05) is 19.6 Å². The van der Waals surface area contributed by atoms with Gasteiger partial charge in [-0.15, -0.1) is 0 Å². The van der Waals surface area contributed by atoms with Crippen molar-refractivity contribution < 1.29 is 29.0 Å². The minimum absolute atomic E-state index is 0.105. The number of benzene rings is 1. The molecular weight excluding hydrogens is 474 g/mol. The lowest BCUT2D eigenvalue weighted by molar-refractivity contribution is -0.144. The molecule has 9 heteroatoms. The Morgan fingerprint density at radius 1 is 1.08 bits per heavy atom. The van der Waals surface area contributed by atoms with Gasteiger partial charge in [0.05, 0.1) is 5.41 Å². The quantitative estimate of drug-likeness (QED) is 0.574. The summed E-state index contributed by atoms with van der Waals surface area (Å²) >= 11 is 0. The number of carbonyl (C=O) groups is 4. The zero-order valence-electron chi connectivity index (χ0n) is 22.7. The normalized spacial score (nSPS) is 20.4. The van der Waals surface area contributed by atoms with E-state index in [1.54, 1.807) is 25.7 Å². The minimum atomic E-state index is -1.05. The number of carboxylic acids is 1. The predicted molar refractivity (Wildman–Crippen MR) is 139 cm³/mol. The van der Waals surface area contributed by atoms with Crippen LogP contribution in [0.4, 0.5) is 4.79 Å². The predicted octanol–water partition coefficient (Wildman–Crippen LogP) is 3.56. The molecule has 2 heterocycles. The Labute approximate surface area is 219 Å². The number of piperidine rings is 1. The first-order chi connectivity index (χ1) is 17.3. The summed E-state index contributed by atoms with van der Waals surface area (Å²) in [5, 5.41) is 12.5. The van der Waals surface area contributed by atoms with Gasteiger partial charge in [-0.05, 0) is 64.4 Å². The van der Waals surface area contributed by atoms with Crippen molar-refractivity contribution in [1.82, 2.24) is 15.1 Å². The van der Waals surface area contributed by atoms with Crippen LogP contribution in [-0.4, -0.2) is 76.1 Å². The van der Waals surface area contributed by atoms with E-state index in [1.165, 1.54) is 4.90 Å². The van der Waals surface area contributed by atoms with Crippen LogP contribution >= 0.6 is 0 Å². The van der Waals surface area contributed by atoms with Crippen molar-refractivity contribution in [2.24, 2.45) is 5.92 Å². The molecule has 1 aromatic rings. The average Bonchev–Trinajstić information content (AvgIpc) is 3.32. The van der Waals surface area contributed by atoms with E-state index in [9.17, 15) is 24.3 Å². The second-order valence-electron chi connectivity index (χ2n) is 11.6. The van der Waals surface area contributed by atoms with Gasteiger partial charge in [-0.3, -0.25) is 14.5 Å². The van der Waals surface area contributed by atoms with Crippen LogP contribution in [0.15, 0.2) is 30.3 Å². The number of likely N-dealkylation sites (tertiary alicyclic amines) is 2. The van der Waals surface area contributed by atoms with Crippen molar-refractivity contribution in [3.05, 3.63) is 35.9 Å². The number of hydrogen-bond donors (Lipinski definition) is 2. The molecule has 37 heavy (non-hydrogen) atoms. The van der Waals surface area contributed by atoms with Gasteiger partial charge in [0.25, 0.3) is 0 Å². The van der Waals surface area contributed by atoms with Crippen LogP contribution in [0, 0.1) is 5.92 Å². The number of hydrogen-bond acceptors (Lipinski definition) is 5. The van der Waals surface area contributed by atoms with Crippen LogP contribution in [0.5, 0.6) is 0 Å². The Morgan fingerprint density at radius 2 is 1.70 bits per heavy atom. The summed E-state index contributed by atoms with van der Waals surface area (Å²) in [4.78, 5) is 55.0. The molecule has 2 N–H and O–H groups in total. The molecule has 9 nitrogen and oxygen atoms in total. The molecule has 2 aliphatic heterocycles. The van der Waals surface area contributed by atoms with E-state index in [4.69, 9.17) is 4.74 Å². The number of amides is 3. The standard InChI is InChI=1S/C28H41N3O6/c1-19(2)18-21(24(33)34)29-25(35)28(20-10-7-6-8-11-20)13-16-30(17-14-28)23(32)22-12-9-15-31(22)26(36)37-27(3,4)5/h6-8,10-11,19,21-22H,9,12-18H2,1-5H3,(H,29,35)(H,33,34). The van der Waals surface area contributed by atoms with E-state index in [0.29, 0.717) is 45.3 Å². The SMILES string of the molecule is CC(C)CC(NC(=O)C1(c2ccccc2)CCN(C(=O)C2CCCN2C(=O)OC(C)(C)C)CC1)C(=O)O. The molecule has 0 aliphatic carbocycles. The van der Waals surface area contributed by atoms with Gasteiger partial charge in [-0.25, -0.2) is 9.59 Å². The second-order valence-corrected chi connectivity index (χ2v) is 11.6. The largest absolute Gasteiger partial charge is 0.480 e. The second kappa shape index (κ2) is 11.5. The van der Waals surface area contributed by atoms with E-state index in [1.807, 2.05) is 44.2 Å². The first-order valence-electron chi connectivity index (χ1n) is 13.2. The van der Waals surface area contributed by atoms with Gasteiger partial charge >= 0.3 is 12.1 Å². The van der Waals surface area contributed by atoms with E-state index in [0.717, 1.165) is 12.0 Å². The zero-order valence-corrected chi connectivity index (χ0v) is 22.7. The monoisotopic (exact) mass is 515 g/mol. The van der Waals surface area contributed by atoms with Crippen molar-refractivity contribution in [2.45, 2.75) is 89.8 Å². The third-order valence-corrected chi connectivity index (χ3v) is 7.17. The van der Waals surface area contributed by atoms with Crippen LogP contribution in [0.3, 0.4) is 0 Å². The van der Waals surface area contributed by atoms with Crippen LogP contribution in [-0.2, 0) is 24.5 Å². The number of aliphatic carboxylic acids is 1. The van der Waals surface area contributed by atoms with Crippen molar-refractivity contribution in [2.75, 3.05) is 19.6 Å². The summed E-state index contributed by atoms with van der Waals surface area (Å²) in [5.74, 6) is -1.40. The molecule has 2 atom stereocenters. The maximum atomic E-state index is 13.7. The van der Waals surface area contributed by atoms with Gasteiger partial charge in [-0.2, -0.15) is 0 Å². The van der Waals surface area contributed by atoms with Crippen molar-refractivity contribution in [3.63, 3.8) is 0 Å². The van der Waals surface area contributed by atoms with Crippen LogP contribution in [0.2, 0.25) is 0 Å². The number of nitrogens with one attached hydrogen (secondary N) is 1. The van der Waals surface area contributed by atoms with Crippen molar-refractivity contribution in [1.29, 1.82) is 0 Å². The molecular formula is C28H41N3O6. The van der Waals surface area contributed by atoms with E-state index >= 15 is 0 Å². The van der Waals surface area contributed by atoms with Gasteiger partial charge in [0.15, 0.2) is 0 Å². The minimum Gasteiger partial charge on any atom is -0.480 e. The number of ether oxygens (including phenoxy) is 1. The van der Waals surface area contributed by atoms with Gasteiger partial charge < -0.3 is 20.1 Å². The molecule has 3 amide bonds. The molecule has 0 radical (unpaired) electrons. The Bertz CT molecular complexity index is 979. The lowest BCUT2D eigenvalue weighted by Crippen LogP contribution is -2.57. The van der Waals surface area contributed by atoms with Crippen LogP contribution in [0.1, 0.15) is 72.3 Å². The summed E-state index contributed by atoms with van der Waals surface area (Å²) in [6.07, 6.45) is 1.88. The molecule has 2 fully saturated rings. The highest BCUT2D eigenvalue weighted by molar-refractivity contribution is 5.92. The molecule has 0 bridgehead atoms. The summed E-state index contributed by atoms with van der Waals surface area (Å²) in [5.41, 5.74) is -0.780. The zero-order chi connectivity index (χ0) is 27.4. The first kappa shape index (κ1) is 28.5. The summed E-state index contributed by atoms with van der Waals surface area (Å²) < 4.78 is 5.51. The molecule has 0 spiro atoms. The maximum absolute atomic E-state index is 13.7. The molecule has 0 aromatic heterocycles. The van der Waals surface area contributed by atoms with Crippen LogP contribution in [0.25, 0.3) is 0 Å². The van der Waals surface area contributed by atoms with Gasteiger partial charge in [0.1, 0.15) is 17.7 Å². The molecule has 2 aliphatic rings. The third-order valence-electron chi connectivity index (χ3n) is 7.17. The lowest BCUT2D eigenvalue weighted by atomic mass is 9.71. The third kappa shape index (κ3) is 6.81. The number of nitrogens with zero attached hydrogens (tertiary/aromatic N) is 2. The highest BCUT2D eigenvalue weighted by Crippen LogP contribution is 2.37. The Morgan fingerprint density at radius 3 is 2.24 bits per heavy atom. The Kier molecular flexibility index (Phi) is 8.87. The topological polar surface area (TPSA) is 116 Å². The first-order valence-corrected chi connectivity index (χ1v) is 13.2. The number of carbonyl (C=O) groups excluding carboxylic acids is 3. The molecule has 2 unspecified atom stereocenters. The molecule has 2 saturated heterocycles. The van der Waals surface area contributed by atoms with E-state index in [2.05, 4.69) is 5.32 Å². The van der Waals surface area contributed by atoms with E-state index in [-0.39, 0.29) is 17.7 Å². The average molecular weight is 516 g/mol. The Balaban J connectivity index is 1.77. The summed E-state index contributed by atoms with van der Waals surface area (Å²) in [6.45, 7) is 10.4. The summed E-state index contributed by atoms with van der Waals surface area (Å²) in [7, 11) is 0. The molecule has 3 rings (SSSR count). The highest BCUT2D eigenvalue weighted by Gasteiger charge is 2.47. The Hall–Kier alpha value is -3.10. The smallest absolute Gasteiger partial charge is 0.410 e. The lowest BCUT2D eigenvalue weighted by Gasteiger charge is -2.42. The highest BCUT2D eigenvalue weighted by atomic mass is 16.6. The van der Waals surface area contributed by atoms with Gasteiger partial charge in [-0.1, -0.05) is 44.2 Å². The molecule has 0 saturated carbocycles. The fourth-order valence-corrected chi connectivity index (χ4v) is 5.28. The number of rotatable bonds is 7. The fourth-order valence-electron chi connectivity index (χ4n) is 5.28. The fraction of sp³-hybridized carbons (Fsp3) is 0.643. The van der Waals surface area contributed by atoms with Crippen LogP contribution < -0.4 is 5.32 Å². The number of carboxylic acid groups (broad SMARTS) is 1. The van der Waals surface area contributed by atoms with Crippen molar-refractivity contribution >= 4 is 23.9 Å². The van der Waals surface area contributed by atoms with Gasteiger partial charge in [0.2, 0.25) is 11.8 Å². The maximum Gasteiger partial charge on any atom is 0.410 e. The molecule has 1 aromatic carbocycles. The molecule has 204 valence electrons.